The van der Waals surface area contributed by atoms with E-state index in [4.69, 9.17) is 0 Å². The van der Waals surface area contributed by atoms with Crippen molar-refractivity contribution < 1.29 is 0 Å². The molecule has 0 unspecified atom stereocenters. The third-order valence-corrected chi connectivity index (χ3v) is 13.7. The van der Waals surface area contributed by atoms with E-state index in [1.165, 1.54) is 98.6 Å². The summed E-state index contributed by atoms with van der Waals surface area (Å²) in [7, 11) is 0. The Bertz CT molecular complexity index is 2680. The van der Waals surface area contributed by atoms with Gasteiger partial charge >= 0.3 is 0 Å². The largest absolute Gasteiger partial charge is 0.309 e. The predicted octanol–water partition coefficient (Wildman–Crippen LogP) is 13.1. The van der Waals surface area contributed by atoms with Gasteiger partial charge in [-0.1, -0.05) is 115 Å². The summed E-state index contributed by atoms with van der Waals surface area (Å²) in [5.41, 5.74) is 13.5. The summed E-state index contributed by atoms with van der Waals surface area (Å²) in [5, 5.41) is 5.08. The van der Waals surface area contributed by atoms with Gasteiger partial charge in [-0.15, -0.1) is 0 Å². The maximum atomic E-state index is 2.60. The van der Waals surface area contributed by atoms with Crippen molar-refractivity contribution in [3.63, 3.8) is 0 Å². The molecule has 0 radical (unpaired) electrons. The van der Waals surface area contributed by atoms with Crippen LogP contribution in [0.4, 0.5) is 17.1 Å². The SMILES string of the molecule is c1ccc(-n2c3ccccc3c3ccc(N(c4cccc5c4-c4ccccc4C54C5CC6CC(C5)CC4C6)c4cccc5ccccc45)cc32)cc1. The minimum atomic E-state index is 0.115. The van der Waals surface area contributed by atoms with Crippen molar-refractivity contribution in [3.05, 3.63) is 169 Å². The van der Waals surface area contributed by atoms with Crippen LogP contribution in [-0.4, -0.2) is 4.57 Å². The smallest absolute Gasteiger partial charge is 0.0561 e. The molecule has 5 aliphatic carbocycles. The Balaban J connectivity index is 1.16. The standard InChI is InChI=1S/C50H40N2/c1-2-14-37(15-3-1)51-46-21-9-7-17-40(46)41-25-24-38(31-48(41)51)52(45-22-10-13-34-12-4-5-16-39(34)45)47-23-11-20-44-49(47)42-18-6-8-19-43(42)50(44)35-27-32-26-33(29-35)30-36(50)28-32/h1-25,31-33,35-36H,26-30H2. The highest BCUT2D eigenvalue weighted by molar-refractivity contribution is 6.11. The van der Waals surface area contributed by atoms with Crippen molar-refractivity contribution in [2.75, 3.05) is 4.90 Å². The van der Waals surface area contributed by atoms with Gasteiger partial charge in [-0.05, 0) is 120 Å². The lowest BCUT2D eigenvalue weighted by molar-refractivity contribution is -0.0399. The number of rotatable bonds is 4. The molecule has 2 nitrogen and oxygen atoms in total. The minimum Gasteiger partial charge on any atom is -0.309 e. The first-order valence-corrected chi connectivity index (χ1v) is 19.4. The van der Waals surface area contributed by atoms with Crippen LogP contribution < -0.4 is 4.90 Å². The maximum Gasteiger partial charge on any atom is 0.0561 e. The highest BCUT2D eigenvalue weighted by atomic mass is 15.1. The summed E-state index contributed by atoms with van der Waals surface area (Å²) >= 11 is 0. The summed E-state index contributed by atoms with van der Waals surface area (Å²) in [6, 6.07) is 59.5. The van der Waals surface area contributed by atoms with E-state index in [9.17, 15) is 0 Å². The molecule has 4 fully saturated rings. The molecule has 0 N–H and O–H groups in total. The second-order valence-electron chi connectivity index (χ2n) is 16.1. The summed E-state index contributed by atoms with van der Waals surface area (Å²) in [4.78, 5) is 2.60. The lowest BCUT2D eigenvalue weighted by Crippen LogP contribution is -2.55. The van der Waals surface area contributed by atoms with Crippen LogP contribution in [0.25, 0.3) is 49.4 Å². The van der Waals surface area contributed by atoms with E-state index in [0.717, 1.165) is 23.7 Å². The molecule has 0 aliphatic heterocycles. The Morgan fingerprint density at radius 1 is 0.481 bits per heavy atom. The van der Waals surface area contributed by atoms with Crippen LogP contribution >= 0.6 is 0 Å². The summed E-state index contributed by atoms with van der Waals surface area (Å²) in [6.07, 6.45) is 7.02. The predicted molar refractivity (Wildman–Crippen MR) is 216 cm³/mol. The van der Waals surface area contributed by atoms with E-state index in [1.54, 1.807) is 11.1 Å². The molecule has 0 saturated heterocycles. The van der Waals surface area contributed by atoms with Gasteiger partial charge in [0.25, 0.3) is 0 Å². The van der Waals surface area contributed by atoms with Gasteiger partial charge in [0.05, 0.1) is 22.4 Å². The Kier molecular flexibility index (Phi) is 5.98. The van der Waals surface area contributed by atoms with Crippen molar-refractivity contribution in [3.8, 4) is 16.8 Å². The molecule has 7 aromatic carbocycles. The van der Waals surface area contributed by atoms with Crippen molar-refractivity contribution in [2.45, 2.75) is 37.5 Å². The van der Waals surface area contributed by atoms with Gasteiger partial charge in [0, 0.05) is 38.5 Å². The van der Waals surface area contributed by atoms with Crippen LogP contribution in [0.3, 0.4) is 0 Å². The molecular formula is C50H40N2. The third kappa shape index (κ3) is 3.80. The second kappa shape index (κ2) is 10.7. The first-order chi connectivity index (χ1) is 25.8. The first-order valence-electron chi connectivity index (χ1n) is 19.4. The summed E-state index contributed by atoms with van der Waals surface area (Å²) in [5.74, 6) is 3.29. The van der Waals surface area contributed by atoms with E-state index in [2.05, 4.69) is 167 Å². The van der Waals surface area contributed by atoms with Gasteiger partial charge in [0.2, 0.25) is 0 Å². The topological polar surface area (TPSA) is 8.17 Å². The molecule has 13 rings (SSSR count). The number of nitrogens with zero attached hydrogens (tertiary/aromatic N) is 2. The molecule has 1 aromatic heterocycles. The number of fused-ring (bicyclic) bond motifs is 7. The lowest BCUT2D eigenvalue weighted by Gasteiger charge is -2.61. The van der Waals surface area contributed by atoms with Crippen LogP contribution in [0.5, 0.6) is 0 Å². The second-order valence-corrected chi connectivity index (χ2v) is 16.1. The van der Waals surface area contributed by atoms with Gasteiger partial charge in [-0.25, -0.2) is 0 Å². The minimum absolute atomic E-state index is 0.115. The van der Waals surface area contributed by atoms with Crippen LogP contribution in [-0.2, 0) is 5.41 Å². The molecule has 52 heavy (non-hydrogen) atoms. The molecule has 4 saturated carbocycles. The quantitative estimate of drug-likeness (QED) is 0.181. The van der Waals surface area contributed by atoms with Crippen LogP contribution in [0.15, 0.2) is 158 Å². The average molecular weight is 669 g/mol. The molecule has 0 amide bonds. The van der Waals surface area contributed by atoms with Gasteiger partial charge in [0.1, 0.15) is 0 Å². The molecule has 4 bridgehead atoms. The van der Waals surface area contributed by atoms with Gasteiger partial charge in [-0.2, -0.15) is 0 Å². The fraction of sp³-hybridized carbons (Fsp3) is 0.200. The number of anilines is 3. The number of hydrogen-bond acceptors (Lipinski definition) is 1. The monoisotopic (exact) mass is 668 g/mol. The van der Waals surface area contributed by atoms with Crippen LogP contribution in [0.2, 0.25) is 0 Å². The van der Waals surface area contributed by atoms with Crippen molar-refractivity contribution in [1.82, 2.24) is 4.57 Å². The van der Waals surface area contributed by atoms with Gasteiger partial charge in [-0.3, -0.25) is 0 Å². The molecule has 8 aromatic rings. The maximum absolute atomic E-state index is 2.60. The number of para-hydroxylation sites is 2. The molecule has 0 atom stereocenters. The van der Waals surface area contributed by atoms with Crippen LogP contribution in [0.1, 0.15) is 43.2 Å². The normalized spacial score (nSPS) is 23.8. The van der Waals surface area contributed by atoms with E-state index < -0.39 is 0 Å². The van der Waals surface area contributed by atoms with E-state index in [0.29, 0.717) is 0 Å². The lowest BCUT2D eigenvalue weighted by atomic mass is 9.43. The Morgan fingerprint density at radius 3 is 1.96 bits per heavy atom. The van der Waals surface area contributed by atoms with E-state index >= 15 is 0 Å². The number of benzene rings is 7. The number of hydrogen-bond donors (Lipinski definition) is 0. The van der Waals surface area contributed by atoms with Crippen molar-refractivity contribution >= 4 is 49.6 Å². The average Bonchev–Trinajstić information content (AvgIpc) is 3.68. The van der Waals surface area contributed by atoms with Crippen molar-refractivity contribution in [1.29, 1.82) is 0 Å². The highest BCUT2D eigenvalue weighted by Gasteiger charge is 2.61. The third-order valence-electron chi connectivity index (χ3n) is 13.7. The number of aromatic nitrogens is 1. The zero-order valence-corrected chi connectivity index (χ0v) is 29.3. The van der Waals surface area contributed by atoms with Crippen molar-refractivity contribution in [2.24, 2.45) is 23.7 Å². The van der Waals surface area contributed by atoms with Gasteiger partial charge < -0.3 is 9.47 Å². The molecule has 1 heterocycles. The zero-order valence-electron chi connectivity index (χ0n) is 29.3. The van der Waals surface area contributed by atoms with Crippen LogP contribution in [0, 0.1) is 23.7 Å². The fourth-order valence-corrected chi connectivity index (χ4v) is 12.1. The summed E-state index contributed by atoms with van der Waals surface area (Å²) < 4.78 is 2.45. The Morgan fingerprint density at radius 2 is 1.12 bits per heavy atom. The highest BCUT2D eigenvalue weighted by Crippen LogP contribution is 2.70. The first kappa shape index (κ1) is 29.0. The zero-order chi connectivity index (χ0) is 34.0. The molecule has 5 aliphatic rings. The molecule has 2 heteroatoms. The summed E-state index contributed by atoms with van der Waals surface area (Å²) in [6.45, 7) is 0. The molecule has 250 valence electrons. The Hall–Kier alpha value is -5.60. The van der Waals surface area contributed by atoms with Gasteiger partial charge in [0.15, 0.2) is 0 Å². The van der Waals surface area contributed by atoms with E-state index in [1.807, 2.05) is 0 Å². The fourth-order valence-electron chi connectivity index (χ4n) is 12.1. The van der Waals surface area contributed by atoms with E-state index in [-0.39, 0.29) is 5.41 Å². The molecular weight excluding hydrogens is 629 g/mol. The Labute approximate surface area is 305 Å². The molecule has 1 spiro atoms.